The molecule has 0 atom stereocenters. The van der Waals surface area contributed by atoms with Crippen molar-refractivity contribution in [1.29, 1.82) is 5.26 Å². The lowest BCUT2D eigenvalue weighted by Crippen LogP contribution is -2.27. The molecule has 0 aliphatic carbocycles. The molecule has 1 heterocycles. The second-order valence-electron chi connectivity index (χ2n) is 4.27. The predicted octanol–water partition coefficient (Wildman–Crippen LogP) is 1.07. The van der Waals surface area contributed by atoms with Crippen LogP contribution in [0, 0.1) is 11.3 Å². The van der Waals surface area contributed by atoms with E-state index >= 15 is 0 Å². The van der Waals surface area contributed by atoms with Crippen molar-refractivity contribution in [3.8, 4) is 6.07 Å². The van der Waals surface area contributed by atoms with Gasteiger partial charge >= 0.3 is 0 Å². The third kappa shape index (κ3) is 3.44. The Morgan fingerprint density at radius 1 is 1.30 bits per heavy atom. The quantitative estimate of drug-likeness (QED) is 0.803. The van der Waals surface area contributed by atoms with Crippen molar-refractivity contribution in [3.05, 3.63) is 36.0 Å². The van der Waals surface area contributed by atoms with E-state index in [-0.39, 0.29) is 6.54 Å². The van der Waals surface area contributed by atoms with E-state index in [9.17, 15) is 8.42 Å². The molecule has 20 heavy (non-hydrogen) atoms. The largest absolute Gasteiger partial charge is 0.382 e. The summed E-state index contributed by atoms with van der Waals surface area (Å²) in [5, 5.41) is 13.1. The van der Waals surface area contributed by atoms with Gasteiger partial charge in [-0.25, -0.2) is 13.1 Å². The van der Waals surface area contributed by atoms with Gasteiger partial charge in [-0.2, -0.15) is 5.26 Å². The zero-order chi connectivity index (χ0) is 14.6. The average Bonchev–Trinajstić information content (AvgIpc) is 2.42. The topological polar surface area (TPSA) is 94.9 Å². The van der Waals surface area contributed by atoms with E-state index in [0.717, 1.165) is 17.2 Å². The molecule has 0 amide bonds. The molecule has 0 aliphatic heterocycles. The summed E-state index contributed by atoms with van der Waals surface area (Å²) in [7, 11) is -3.20. The Morgan fingerprint density at radius 2 is 2.05 bits per heavy atom. The maximum Gasteiger partial charge on any atom is 0.208 e. The Labute approximate surface area is 117 Å². The zero-order valence-corrected chi connectivity index (χ0v) is 11.7. The van der Waals surface area contributed by atoms with Gasteiger partial charge in [-0.1, -0.05) is 18.2 Å². The van der Waals surface area contributed by atoms with Gasteiger partial charge in [-0.05, 0) is 6.07 Å². The van der Waals surface area contributed by atoms with E-state index in [1.165, 1.54) is 6.20 Å². The van der Waals surface area contributed by atoms with Gasteiger partial charge in [-0.15, -0.1) is 0 Å². The number of hydrogen-bond acceptors (Lipinski definition) is 5. The van der Waals surface area contributed by atoms with Gasteiger partial charge in [0.1, 0.15) is 6.07 Å². The molecule has 0 aliphatic rings. The third-order valence-electron chi connectivity index (χ3n) is 2.69. The highest BCUT2D eigenvalue weighted by Gasteiger charge is 2.08. The Balaban J connectivity index is 2.22. The molecule has 1 aromatic heterocycles. The highest BCUT2D eigenvalue weighted by atomic mass is 32.2. The molecule has 0 fully saturated rings. The SMILES string of the molecule is CS(=O)(=O)NCCNc1c(C#N)cnc2ccccc12. The minimum absolute atomic E-state index is 0.250. The number of benzene rings is 1. The van der Waals surface area contributed by atoms with E-state index in [1.807, 2.05) is 24.3 Å². The predicted molar refractivity (Wildman–Crippen MR) is 77.8 cm³/mol. The molecule has 2 N–H and O–H groups in total. The zero-order valence-electron chi connectivity index (χ0n) is 10.9. The number of pyridine rings is 1. The van der Waals surface area contributed by atoms with Crippen LogP contribution in [-0.4, -0.2) is 32.7 Å². The lowest BCUT2D eigenvalue weighted by molar-refractivity contribution is 0.589. The van der Waals surface area contributed by atoms with E-state index < -0.39 is 10.0 Å². The second-order valence-corrected chi connectivity index (χ2v) is 6.10. The molecule has 0 radical (unpaired) electrons. The second kappa shape index (κ2) is 5.86. The van der Waals surface area contributed by atoms with Crippen molar-refractivity contribution in [3.63, 3.8) is 0 Å². The maximum atomic E-state index is 11.0. The Bertz CT molecular complexity index is 766. The van der Waals surface area contributed by atoms with Crippen molar-refractivity contribution in [2.45, 2.75) is 0 Å². The summed E-state index contributed by atoms with van der Waals surface area (Å²) >= 11 is 0. The normalized spacial score (nSPS) is 11.2. The molecule has 0 bridgehead atoms. The van der Waals surface area contributed by atoms with Crippen LogP contribution in [0.25, 0.3) is 10.9 Å². The highest BCUT2D eigenvalue weighted by molar-refractivity contribution is 7.88. The third-order valence-corrected chi connectivity index (χ3v) is 3.42. The lowest BCUT2D eigenvalue weighted by Gasteiger charge is -2.11. The summed E-state index contributed by atoms with van der Waals surface area (Å²) in [4.78, 5) is 4.21. The summed E-state index contributed by atoms with van der Waals surface area (Å²) in [5.41, 5.74) is 1.89. The maximum absolute atomic E-state index is 11.0. The number of para-hydroxylation sites is 1. The van der Waals surface area contributed by atoms with Gasteiger partial charge in [0, 0.05) is 24.7 Å². The number of aromatic nitrogens is 1. The first-order chi connectivity index (χ1) is 9.51. The van der Waals surface area contributed by atoms with Crippen LogP contribution >= 0.6 is 0 Å². The summed E-state index contributed by atoms with van der Waals surface area (Å²) in [6, 6.07) is 9.55. The van der Waals surface area contributed by atoms with E-state index in [2.05, 4.69) is 21.1 Å². The van der Waals surface area contributed by atoms with Crippen LogP contribution < -0.4 is 10.0 Å². The molecular formula is C13H14N4O2S. The van der Waals surface area contributed by atoms with Crippen LogP contribution in [0.4, 0.5) is 5.69 Å². The summed E-state index contributed by atoms with van der Waals surface area (Å²) in [6.07, 6.45) is 2.62. The number of nitrogens with one attached hydrogen (secondary N) is 2. The highest BCUT2D eigenvalue weighted by Crippen LogP contribution is 2.24. The Hall–Kier alpha value is -2.17. The van der Waals surface area contributed by atoms with E-state index in [1.54, 1.807) is 0 Å². The van der Waals surface area contributed by atoms with Gasteiger partial charge in [0.25, 0.3) is 0 Å². The van der Waals surface area contributed by atoms with Gasteiger partial charge in [0.05, 0.1) is 23.0 Å². The van der Waals surface area contributed by atoms with Crippen molar-refractivity contribution in [2.75, 3.05) is 24.7 Å². The molecule has 0 saturated heterocycles. The van der Waals surface area contributed by atoms with Crippen LogP contribution in [0.15, 0.2) is 30.5 Å². The molecule has 0 unspecified atom stereocenters. The van der Waals surface area contributed by atoms with Crippen LogP contribution in [0.3, 0.4) is 0 Å². The number of sulfonamides is 1. The fraction of sp³-hybridized carbons (Fsp3) is 0.231. The summed E-state index contributed by atoms with van der Waals surface area (Å²) in [6.45, 7) is 0.635. The van der Waals surface area contributed by atoms with E-state index in [0.29, 0.717) is 17.8 Å². The first kappa shape index (κ1) is 14.2. The first-order valence-electron chi connectivity index (χ1n) is 5.97. The van der Waals surface area contributed by atoms with Crippen molar-refractivity contribution < 1.29 is 8.42 Å². The number of rotatable bonds is 5. The summed E-state index contributed by atoms with van der Waals surface area (Å²) < 4.78 is 24.3. The molecule has 1 aromatic carbocycles. The van der Waals surface area contributed by atoms with Crippen LogP contribution in [0.5, 0.6) is 0 Å². The van der Waals surface area contributed by atoms with Crippen molar-refractivity contribution in [2.24, 2.45) is 0 Å². The van der Waals surface area contributed by atoms with Gasteiger partial charge in [0.15, 0.2) is 0 Å². The van der Waals surface area contributed by atoms with Crippen molar-refractivity contribution in [1.82, 2.24) is 9.71 Å². The Morgan fingerprint density at radius 3 is 2.75 bits per heavy atom. The molecule has 2 rings (SSSR count). The number of nitrogens with zero attached hydrogens (tertiary/aromatic N) is 2. The van der Waals surface area contributed by atoms with Gasteiger partial charge in [0.2, 0.25) is 10.0 Å². The van der Waals surface area contributed by atoms with Crippen molar-refractivity contribution >= 4 is 26.6 Å². The van der Waals surface area contributed by atoms with Crippen LogP contribution in [-0.2, 0) is 10.0 Å². The summed E-state index contributed by atoms with van der Waals surface area (Å²) in [5.74, 6) is 0. The monoisotopic (exact) mass is 290 g/mol. The Kier molecular flexibility index (Phi) is 4.17. The molecule has 6 nitrogen and oxygen atoms in total. The molecule has 0 saturated carbocycles. The van der Waals surface area contributed by atoms with E-state index in [4.69, 9.17) is 5.26 Å². The number of fused-ring (bicyclic) bond motifs is 1. The number of nitriles is 1. The minimum Gasteiger partial charge on any atom is -0.382 e. The van der Waals surface area contributed by atoms with Gasteiger partial charge in [-0.3, -0.25) is 4.98 Å². The van der Waals surface area contributed by atoms with Crippen LogP contribution in [0.1, 0.15) is 5.56 Å². The standard InChI is InChI=1S/C13H14N4O2S/c1-20(18,19)17-7-6-15-13-10(8-14)9-16-12-5-3-2-4-11(12)13/h2-5,9,17H,6-7H2,1H3,(H,15,16). The number of hydrogen-bond donors (Lipinski definition) is 2. The fourth-order valence-corrected chi connectivity index (χ4v) is 2.31. The fourth-order valence-electron chi connectivity index (χ4n) is 1.84. The molecule has 0 spiro atoms. The van der Waals surface area contributed by atoms with Crippen LogP contribution in [0.2, 0.25) is 0 Å². The average molecular weight is 290 g/mol. The molecule has 7 heteroatoms. The lowest BCUT2D eigenvalue weighted by atomic mass is 10.1. The van der Waals surface area contributed by atoms with Gasteiger partial charge < -0.3 is 5.32 Å². The molecular weight excluding hydrogens is 276 g/mol. The smallest absolute Gasteiger partial charge is 0.208 e. The first-order valence-corrected chi connectivity index (χ1v) is 7.87. The molecule has 104 valence electrons. The molecule has 2 aromatic rings. The minimum atomic E-state index is -3.20. The number of anilines is 1.